The maximum Gasteiger partial charge on any atom is 0.186 e. The Balaban J connectivity index is 3.18. The molecule has 18 heavy (non-hydrogen) atoms. The number of hydrogen-bond acceptors (Lipinski definition) is 3. The van der Waals surface area contributed by atoms with E-state index in [1.165, 1.54) is 0 Å². The first-order valence-electron chi connectivity index (χ1n) is 4.68. The van der Waals surface area contributed by atoms with Crippen LogP contribution in [0.15, 0.2) is 0 Å². The molecule has 0 heterocycles. The third-order valence-corrected chi connectivity index (χ3v) is 2.42. The van der Waals surface area contributed by atoms with Crippen molar-refractivity contribution in [3.05, 3.63) is 28.8 Å². The van der Waals surface area contributed by atoms with Gasteiger partial charge in [-0.1, -0.05) is 0 Å². The van der Waals surface area contributed by atoms with Gasteiger partial charge in [0.05, 0.1) is 12.0 Å². The number of halogens is 5. The van der Waals surface area contributed by atoms with Crippen molar-refractivity contribution in [2.75, 3.05) is 17.7 Å². The minimum absolute atomic E-state index is 0.225. The molecule has 1 aromatic carbocycles. The molecule has 0 amide bonds. The minimum Gasteiger partial charge on any atom is -0.390 e. The van der Waals surface area contributed by atoms with Gasteiger partial charge in [0.2, 0.25) is 0 Å². The fourth-order valence-corrected chi connectivity index (χ4v) is 1.27. The van der Waals surface area contributed by atoms with Crippen LogP contribution >= 0.6 is 11.6 Å². The van der Waals surface area contributed by atoms with Crippen molar-refractivity contribution in [3.63, 3.8) is 0 Å². The lowest BCUT2D eigenvalue weighted by Crippen LogP contribution is -2.22. The molecule has 2 N–H and O–H groups in total. The van der Waals surface area contributed by atoms with E-state index >= 15 is 0 Å². The second-order valence-electron chi connectivity index (χ2n) is 3.31. The SMILES string of the molecule is N#Cc1c(F)c(F)c(NCC(O)CCl)c(F)c1F. The largest absolute Gasteiger partial charge is 0.390 e. The van der Waals surface area contributed by atoms with E-state index in [0.717, 1.165) is 6.07 Å². The maximum atomic E-state index is 13.3. The van der Waals surface area contributed by atoms with E-state index in [-0.39, 0.29) is 5.88 Å². The van der Waals surface area contributed by atoms with E-state index in [2.05, 4.69) is 0 Å². The summed E-state index contributed by atoms with van der Waals surface area (Å²) in [6.07, 6.45) is -1.15. The number of nitriles is 1. The number of nitrogens with zero attached hydrogens (tertiary/aromatic N) is 1. The van der Waals surface area contributed by atoms with Gasteiger partial charge in [-0.2, -0.15) is 5.26 Å². The molecule has 0 saturated carbocycles. The molecular formula is C10H7ClF4N2O. The first-order chi connectivity index (χ1) is 8.43. The number of rotatable bonds is 4. The summed E-state index contributed by atoms with van der Waals surface area (Å²) in [7, 11) is 0. The fraction of sp³-hybridized carbons (Fsp3) is 0.300. The summed E-state index contributed by atoms with van der Waals surface area (Å²) in [5, 5.41) is 19.4. The van der Waals surface area contributed by atoms with E-state index in [9.17, 15) is 17.6 Å². The van der Waals surface area contributed by atoms with Crippen LogP contribution in [0, 0.1) is 34.6 Å². The van der Waals surface area contributed by atoms with Crippen molar-refractivity contribution in [1.82, 2.24) is 0 Å². The number of nitrogens with one attached hydrogen (secondary N) is 1. The van der Waals surface area contributed by atoms with Crippen LogP contribution in [0.4, 0.5) is 23.2 Å². The highest BCUT2D eigenvalue weighted by molar-refractivity contribution is 6.18. The van der Waals surface area contributed by atoms with Crippen LogP contribution in [0.5, 0.6) is 0 Å². The van der Waals surface area contributed by atoms with Gasteiger partial charge in [0.15, 0.2) is 23.3 Å². The summed E-state index contributed by atoms with van der Waals surface area (Å²) in [6.45, 7) is -0.401. The van der Waals surface area contributed by atoms with E-state index in [0.29, 0.717) is 0 Å². The number of alkyl halides is 1. The van der Waals surface area contributed by atoms with Gasteiger partial charge in [-0.25, -0.2) is 17.6 Å². The van der Waals surface area contributed by atoms with E-state index < -0.39 is 47.2 Å². The molecule has 0 aliphatic heterocycles. The quantitative estimate of drug-likeness (QED) is 0.505. The van der Waals surface area contributed by atoms with Crippen LogP contribution < -0.4 is 5.32 Å². The van der Waals surface area contributed by atoms with Gasteiger partial charge in [0.25, 0.3) is 0 Å². The van der Waals surface area contributed by atoms with Crippen LogP contribution in [-0.4, -0.2) is 23.6 Å². The van der Waals surface area contributed by atoms with Crippen molar-refractivity contribution >= 4 is 17.3 Å². The molecule has 1 unspecified atom stereocenters. The Hall–Kier alpha value is -1.52. The molecule has 1 aromatic rings. The standard InChI is InChI=1S/C10H7ClF4N2O/c11-1-4(18)3-17-10-8(14)6(12)5(2-16)7(13)9(10)15/h4,17-18H,1,3H2. The van der Waals surface area contributed by atoms with Crippen molar-refractivity contribution in [2.24, 2.45) is 0 Å². The first-order valence-corrected chi connectivity index (χ1v) is 5.21. The van der Waals surface area contributed by atoms with Crippen molar-refractivity contribution < 1.29 is 22.7 Å². The summed E-state index contributed by atoms with van der Waals surface area (Å²) in [5.41, 5.74) is -2.43. The number of aliphatic hydroxyl groups excluding tert-OH is 1. The fourth-order valence-electron chi connectivity index (χ4n) is 1.16. The van der Waals surface area contributed by atoms with Crippen molar-refractivity contribution in [3.8, 4) is 6.07 Å². The molecule has 0 aliphatic rings. The second kappa shape index (κ2) is 5.89. The molecular weight excluding hydrogens is 276 g/mol. The monoisotopic (exact) mass is 282 g/mol. The normalized spacial score (nSPS) is 12.1. The zero-order valence-electron chi connectivity index (χ0n) is 8.78. The van der Waals surface area contributed by atoms with Gasteiger partial charge < -0.3 is 10.4 Å². The summed E-state index contributed by atoms with van der Waals surface area (Å²) in [4.78, 5) is 0. The Kier molecular flexibility index (Phi) is 4.76. The Bertz CT molecular complexity index is 475. The smallest absolute Gasteiger partial charge is 0.186 e. The van der Waals surface area contributed by atoms with Crippen LogP contribution in [0.2, 0.25) is 0 Å². The molecule has 0 bridgehead atoms. The Morgan fingerprint density at radius 3 is 2.06 bits per heavy atom. The van der Waals surface area contributed by atoms with Gasteiger partial charge in [0, 0.05) is 6.54 Å². The zero-order valence-corrected chi connectivity index (χ0v) is 9.53. The molecule has 3 nitrogen and oxygen atoms in total. The number of benzene rings is 1. The van der Waals surface area contributed by atoms with Gasteiger partial charge in [-0.3, -0.25) is 0 Å². The molecule has 1 rings (SSSR count). The first kappa shape index (κ1) is 14.5. The molecule has 0 spiro atoms. The third kappa shape index (κ3) is 2.66. The van der Waals surface area contributed by atoms with Crippen LogP contribution in [0.3, 0.4) is 0 Å². The third-order valence-electron chi connectivity index (χ3n) is 2.07. The van der Waals surface area contributed by atoms with E-state index in [1.54, 1.807) is 0 Å². The number of hydrogen-bond donors (Lipinski definition) is 2. The Morgan fingerprint density at radius 2 is 1.67 bits per heavy atom. The Morgan fingerprint density at radius 1 is 1.17 bits per heavy atom. The molecule has 0 fully saturated rings. The maximum absolute atomic E-state index is 13.3. The van der Waals surface area contributed by atoms with Gasteiger partial charge >= 0.3 is 0 Å². The number of aliphatic hydroxyl groups is 1. The highest BCUT2D eigenvalue weighted by Crippen LogP contribution is 2.27. The summed E-state index contributed by atoms with van der Waals surface area (Å²) >= 11 is 5.24. The summed E-state index contributed by atoms with van der Waals surface area (Å²) in [6, 6.07) is 1.02. The molecule has 0 aromatic heterocycles. The molecule has 98 valence electrons. The Labute approximate surface area is 105 Å². The van der Waals surface area contributed by atoms with Gasteiger partial charge in [-0.15, -0.1) is 11.6 Å². The van der Waals surface area contributed by atoms with Crippen molar-refractivity contribution in [2.45, 2.75) is 6.10 Å². The lowest BCUT2D eigenvalue weighted by Gasteiger charge is -2.13. The molecule has 8 heteroatoms. The van der Waals surface area contributed by atoms with Crippen molar-refractivity contribution in [1.29, 1.82) is 5.26 Å². The van der Waals surface area contributed by atoms with Crippen LogP contribution in [-0.2, 0) is 0 Å². The lowest BCUT2D eigenvalue weighted by atomic mass is 10.1. The number of anilines is 1. The van der Waals surface area contributed by atoms with E-state index in [1.807, 2.05) is 5.32 Å². The van der Waals surface area contributed by atoms with Gasteiger partial charge in [0.1, 0.15) is 17.3 Å². The van der Waals surface area contributed by atoms with Crippen LogP contribution in [0.25, 0.3) is 0 Å². The van der Waals surface area contributed by atoms with Gasteiger partial charge in [-0.05, 0) is 0 Å². The second-order valence-corrected chi connectivity index (χ2v) is 3.62. The lowest BCUT2D eigenvalue weighted by molar-refractivity contribution is 0.211. The summed E-state index contributed by atoms with van der Waals surface area (Å²) in [5.74, 6) is -7.27. The minimum atomic E-state index is -1.79. The topological polar surface area (TPSA) is 56.0 Å². The highest BCUT2D eigenvalue weighted by Gasteiger charge is 2.25. The predicted octanol–water partition coefficient (Wildman–Crippen LogP) is 2.13. The van der Waals surface area contributed by atoms with E-state index in [4.69, 9.17) is 22.0 Å². The summed E-state index contributed by atoms with van der Waals surface area (Å²) < 4.78 is 53.0. The average molecular weight is 283 g/mol. The zero-order chi connectivity index (χ0) is 13.9. The average Bonchev–Trinajstić information content (AvgIpc) is 2.36. The molecule has 1 atom stereocenters. The molecule has 0 aliphatic carbocycles. The van der Waals surface area contributed by atoms with Crippen LogP contribution in [0.1, 0.15) is 5.56 Å². The highest BCUT2D eigenvalue weighted by atomic mass is 35.5. The molecule has 0 saturated heterocycles. The molecule has 0 radical (unpaired) electrons. The predicted molar refractivity (Wildman–Crippen MR) is 56.2 cm³/mol.